The number of hydrogen-bond acceptors (Lipinski definition) is 0. The third kappa shape index (κ3) is 1.95. The molecule has 0 saturated heterocycles. The molecule has 0 amide bonds. The van der Waals surface area contributed by atoms with Gasteiger partial charge in [-0.25, -0.2) is 0 Å². The molecule has 0 atom stereocenters. The molecule has 0 aliphatic carbocycles. The van der Waals surface area contributed by atoms with Crippen molar-refractivity contribution in [2.24, 2.45) is 0 Å². The van der Waals surface area contributed by atoms with Crippen LogP contribution in [0.1, 0.15) is 5.56 Å². The van der Waals surface area contributed by atoms with Crippen LogP contribution < -0.4 is 0 Å². The summed E-state index contributed by atoms with van der Waals surface area (Å²) in [7, 11) is 0. The molecular formula is C8H5Br3. The van der Waals surface area contributed by atoms with Crippen molar-refractivity contribution in [1.82, 2.24) is 0 Å². The molecule has 0 aromatic heterocycles. The van der Waals surface area contributed by atoms with Crippen LogP contribution in [0.4, 0.5) is 0 Å². The van der Waals surface area contributed by atoms with Gasteiger partial charge in [0.05, 0.1) is 0 Å². The summed E-state index contributed by atoms with van der Waals surface area (Å²) in [6, 6.07) is 3.95. The number of halogens is 3. The fraction of sp³-hybridized carbons (Fsp3) is 0. The van der Waals surface area contributed by atoms with Gasteiger partial charge < -0.3 is 0 Å². The van der Waals surface area contributed by atoms with Crippen molar-refractivity contribution >= 4 is 53.9 Å². The zero-order valence-corrected chi connectivity index (χ0v) is 10.3. The van der Waals surface area contributed by atoms with E-state index in [1.54, 1.807) is 6.08 Å². The average Bonchev–Trinajstić information content (AvgIpc) is 1.99. The van der Waals surface area contributed by atoms with Crippen molar-refractivity contribution in [2.45, 2.75) is 0 Å². The molecule has 0 nitrogen and oxygen atoms in total. The largest absolute Gasteiger partial charge is 0.0984 e. The Hall–Kier alpha value is 0.400. The maximum Gasteiger partial charge on any atom is 0.0400 e. The molecule has 11 heavy (non-hydrogen) atoms. The molecule has 0 heterocycles. The van der Waals surface area contributed by atoms with E-state index < -0.39 is 0 Å². The summed E-state index contributed by atoms with van der Waals surface area (Å²) < 4.78 is 3.11. The Kier molecular flexibility index (Phi) is 3.34. The summed E-state index contributed by atoms with van der Waals surface area (Å²) in [6.45, 7) is 3.71. The Morgan fingerprint density at radius 1 is 1.09 bits per heavy atom. The number of rotatable bonds is 1. The predicted octanol–water partition coefficient (Wildman–Crippen LogP) is 4.62. The van der Waals surface area contributed by atoms with Crippen LogP contribution in [0.5, 0.6) is 0 Å². The maximum atomic E-state index is 3.71. The third-order valence-corrected chi connectivity index (χ3v) is 4.02. The van der Waals surface area contributed by atoms with Gasteiger partial charge in [0.1, 0.15) is 0 Å². The summed E-state index contributed by atoms with van der Waals surface area (Å²) in [5.74, 6) is 0. The van der Waals surface area contributed by atoms with Crippen LogP contribution in [0.3, 0.4) is 0 Å². The molecule has 0 unspecified atom stereocenters. The van der Waals surface area contributed by atoms with Gasteiger partial charge in [-0.15, -0.1) is 0 Å². The molecule has 0 bridgehead atoms. The van der Waals surface area contributed by atoms with E-state index in [0.29, 0.717) is 0 Å². The van der Waals surface area contributed by atoms with Crippen LogP contribution in [-0.2, 0) is 0 Å². The van der Waals surface area contributed by atoms with Crippen LogP contribution in [0, 0.1) is 0 Å². The molecule has 0 radical (unpaired) electrons. The van der Waals surface area contributed by atoms with Crippen molar-refractivity contribution in [1.29, 1.82) is 0 Å². The fourth-order valence-corrected chi connectivity index (χ4v) is 2.34. The maximum absolute atomic E-state index is 3.71. The number of hydrogen-bond donors (Lipinski definition) is 0. The summed E-state index contributed by atoms with van der Waals surface area (Å²) in [5, 5.41) is 0. The molecule has 0 spiro atoms. The summed E-state index contributed by atoms with van der Waals surface area (Å²) >= 11 is 10.3. The summed E-state index contributed by atoms with van der Waals surface area (Å²) in [5.41, 5.74) is 1.07. The van der Waals surface area contributed by atoms with Gasteiger partial charge in [0.15, 0.2) is 0 Å². The van der Waals surface area contributed by atoms with Crippen LogP contribution in [0.25, 0.3) is 6.08 Å². The van der Waals surface area contributed by atoms with Gasteiger partial charge in [0.25, 0.3) is 0 Å². The molecular weight excluding hydrogens is 336 g/mol. The van der Waals surface area contributed by atoms with E-state index >= 15 is 0 Å². The molecule has 1 aromatic carbocycles. The van der Waals surface area contributed by atoms with Gasteiger partial charge in [-0.3, -0.25) is 0 Å². The zero-order valence-electron chi connectivity index (χ0n) is 5.57. The Labute approximate surface area is 91.1 Å². The molecule has 58 valence electrons. The highest BCUT2D eigenvalue weighted by Crippen LogP contribution is 2.32. The third-order valence-electron chi connectivity index (χ3n) is 1.28. The fourth-order valence-electron chi connectivity index (χ4n) is 0.730. The zero-order chi connectivity index (χ0) is 8.43. The highest BCUT2D eigenvalue weighted by atomic mass is 79.9. The van der Waals surface area contributed by atoms with E-state index in [0.717, 1.165) is 19.0 Å². The quantitative estimate of drug-likeness (QED) is 0.654. The molecule has 0 saturated carbocycles. The monoisotopic (exact) mass is 338 g/mol. The van der Waals surface area contributed by atoms with E-state index in [4.69, 9.17) is 0 Å². The first-order valence-corrected chi connectivity index (χ1v) is 5.30. The first kappa shape index (κ1) is 9.49. The highest BCUT2D eigenvalue weighted by Gasteiger charge is 2.03. The van der Waals surface area contributed by atoms with Gasteiger partial charge in [0, 0.05) is 19.0 Å². The van der Waals surface area contributed by atoms with Crippen molar-refractivity contribution in [2.75, 3.05) is 0 Å². The van der Waals surface area contributed by atoms with Gasteiger partial charge in [-0.1, -0.05) is 28.6 Å². The van der Waals surface area contributed by atoms with E-state index in [-0.39, 0.29) is 0 Å². The number of benzene rings is 1. The van der Waals surface area contributed by atoms with Gasteiger partial charge in [-0.05, 0) is 44.0 Å². The highest BCUT2D eigenvalue weighted by molar-refractivity contribution is 9.13. The van der Waals surface area contributed by atoms with E-state index in [1.807, 2.05) is 12.1 Å². The summed E-state index contributed by atoms with van der Waals surface area (Å²) in [4.78, 5) is 0. The van der Waals surface area contributed by atoms with Gasteiger partial charge in [-0.2, -0.15) is 0 Å². The molecule has 0 N–H and O–H groups in total. The topological polar surface area (TPSA) is 0 Å². The predicted molar refractivity (Wildman–Crippen MR) is 59.6 cm³/mol. The van der Waals surface area contributed by atoms with E-state index in [1.165, 1.54) is 0 Å². The molecule has 0 aliphatic rings. The van der Waals surface area contributed by atoms with Gasteiger partial charge >= 0.3 is 0 Å². The Morgan fingerprint density at radius 2 is 1.64 bits per heavy atom. The molecule has 3 heteroatoms. The van der Waals surface area contributed by atoms with Crippen molar-refractivity contribution < 1.29 is 0 Å². The lowest BCUT2D eigenvalue weighted by atomic mass is 10.2. The first-order valence-electron chi connectivity index (χ1n) is 2.92. The van der Waals surface area contributed by atoms with E-state index in [9.17, 15) is 0 Å². The second-order valence-corrected chi connectivity index (χ2v) is 4.46. The smallest absolute Gasteiger partial charge is 0.0400 e. The molecule has 1 aromatic rings. The Bertz CT molecular complexity index is 292. The van der Waals surface area contributed by atoms with E-state index in [2.05, 4.69) is 54.4 Å². The molecule has 1 rings (SSSR count). The van der Waals surface area contributed by atoms with Crippen LogP contribution in [0.2, 0.25) is 0 Å². The standard InChI is InChI=1S/C8H5Br3/c1-2-5-6(9)3-4-7(10)8(5)11/h2-4H,1H2. The minimum absolute atomic E-state index is 1.03. The molecule has 0 fully saturated rings. The Morgan fingerprint density at radius 3 is 2.09 bits per heavy atom. The lowest BCUT2D eigenvalue weighted by Crippen LogP contribution is -1.78. The average molecular weight is 341 g/mol. The minimum Gasteiger partial charge on any atom is -0.0984 e. The Balaban J connectivity index is 3.40. The van der Waals surface area contributed by atoms with Crippen LogP contribution in [0.15, 0.2) is 32.1 Å². The second-order valence-electron chi connectivity index (χ2n) is 1.96. The minimum atomic E-state index is 1.03. The first-order chi connectivity index (χ1) is 5.16. The van der Waals surface area contributed by atoms with Crippen molar-refractivity contribution in [3.63, 3.8) is 0 Å². The summed E-state index contributed by atoms with van der Waals surface area (Å²) in [6.07, 6.45) is 1.80. The SMILES string of the molecule is C=Cc1c(Br)ccc(Br)c1Br. The lowest BCUT2D eigenvalue weighted by molar-refractivity contribution is 1.51. The van der Waals surface area contributed by atoms with Crippen molar-refractivity contribution in [3.8, 4) is 0 Å². The normalized spacial score (nSPS) is 9.73. The van der Waals surface area contributed by atoms with Crippen LogP contribution >= 0.6 is 47.8 Å². The van der Waals surface area contributed by atoms with Crippen LogP contribution in [-0.4, -0.2) is 0 Å². The van der Waals surface area contributed by atoms with Crippen molar-refractivity contribution in [3.05, 3.63) is 37.7 Å². The second kappa shape index (κ2) is 3.87. The van der Waals surface area contributed by atoms with Gasteiger partial charge in [0.2, 0.25) is 0 Å². The molecule has 0 aliphatic heterocycles. The lowest BCUT2D eigenvalue weighted by Gasteiger charge is -2.02.